The Morgan fingerprint density at radius 2 is 1.77 bits per heavy atom. The number of amides is 2. The highest BCUT2D eigenvalue weighted by molar-refractivity contribution is 5.96. The molecule has 2 aliphatic rings. The number of likely N-dealkylation sites (tertiary alicyclic amines) is 1. The third-order valence-corrected chi connectivity index (χ3v) is 6.19. The van der Waals surface area contributed by atoms with Crippen LogP contribution in [0, 0.1) is 20.8 Å². The largest absolute Gasteiger partial charge is 0.456 e. The highest BCUT2D eigenvalue weighted by atomic mass is 16.4. The van der Waals surface area contributed by atoms with E-state index in [1.165, 1.54) is 0 Å². The zero-order valence-electron chi connectivity index (χ0n) is 18.0. The Hall–Kier alpha value is -2.89. The molecule has 6 heteroatoms. The van der Waals surface area contributed by atoms with Gasteiger partial charge in [-0.3, -0.25) is 14.6 Å². The van der Waals surface area contributed by atoms with Crippen molar-refractivity contribution in [1.29, 1.82) is 0 Å². The van der Waals surface area contributed by atoms with E-state index in [0.717, 1.165) is 48.5 Å². The molecule has 1 saturated heterocycles. The molecule has 1 fully saturated rings. The Labute approximate surface area is 177 Å². The number of hydrogen-bond acceptors (Lipinski definition) is 4. The molecule has 2 aliphatic heterocycles. The summed E-state index contributed by atoms with van der Waals surface area (Å²) in [6.07, 6.45) is 6.65. The minimum Gasteiger partial charge on any atom is -0.456 e. The summed E-state index contributed by atoms with van der Waals surface area (Å²) in [6.45, 7) is 8.45. The van der Waals surface area contributed by atoms with E-state index in [1.54, 1.807) is 0 Å². The Bertz CT molecular complexity index is 964. The Kier molecular flexibility index (Phi) is 5.75. The number of rotatable bonds is 3. The number of pyridine rings is 1. The summed E-state index contributed by atoms with van der Waals surface area (Å²) in [5, 5.41) is 0. The van der Waals surface area contributed by atoms with Crippen LogP contribution in [0.5, 0.6) is 0 Å². The monoisotopic (exact) mass is 407 g/mol. The van der Waals surface area contributed by atoms with Gasteiger partial charge in [0.1, 0.15) is 5.76 Å². The Morgan fingerprint density at radius 1 is 1.00 bits per heavy atom. The Balaban J connectivity index is 1.49. The molecule has 2 aromatic rings. The summed E-state index contributed by atoms with van der Waals surface area (Å²) >= 11 is 0. The number of nitrogens with zero attached hydrogens (tertiary/aromatic N) is 3. The van der Waals surface area contributed by atoms with E-state index in [9.17, 15) is 9.59 Å². The first kappa shape index (κ1) is 20.4. The molecule has 30 heavy (non-hydrogen) atoms. The van der Waals surface area contributed by atoms with Gasteiger partial charge in [-0.1, -0.05) is 12.2 Å². The molecule has 0 aromatic carbocycles. The van der Waals surface area contributed by atoms with Gasteiger partial charge in [-0.05, 0) is 63.8 Å². The summed E-state index contributed by atoms with van der Waals surface area (Å²) in [5.41, 5.74) is 3.50. The molecular formula is C24H29N3O3. The van der Waals surface area contributed by atoms with Crippen molar-refractivity contribution in [2.75, 3.05) is 26.2 Å². The van der Waals surface area contributed by atoms with Crippen LogP contribution in [-0.4, -0.2) is 52.8 Å². The number of furan rings is 1. The number of aryl methyl sites for hydroxylation is 3. The molecule has 2 aromatic heterocycles. The first-order valence-electron chi connectivity index (χ1n) is 10.7. The maximum Gasteiger partial charge on any atom is 0.289 e. The van der Waals surface area contributed by atoms with Gasteiger partial charge in [0.05, 0.1) is 11.3 Å². The summed E-state index contributed by atoms with van der Waals surface area (Å²) in [7, 11) is 0. The van der Waals surface area contributed by atoms with Gasteiger partial charge in [0.25, 0.3) is 11.8 Å². The van der Waals surface area contributed by atoms with Crippen LogP contribution in [0.4, 0.5) is 0 Å². The van der Waals surface area contributed by atoms with Gasteiger partial charge in [-0.15, -0.1) is 0 Å². The molecule has 0 atom stereocenters. The molecule has 4 rings (SSSR count). The van der Waals surface area contributed by atoms with Crippen molar-refractivity contribution >= 4 is 11.8 Å². The molecule has 0 radical (unpaired) electrons. The lowest BCUT2D eigenvalue weighted by molar-refractivity contribution is 0.0674. The highest BCUT2D eigenvalue weighted by Crippen LogP contribution is 2.31. The molecule has 6 nitrogen and oxygen atoms in total. The summed E-state index contributed by atoms with van der Waals surface area (Å²) in [4.78, 5) is 34.4. The van der Waals surface area contributed by atoms with E-state index in [1.807, 2.05) is 54.8 Å². The van der Waals surface area contributed by atoms with E-state index < -0.39 is 0 Å². The van der Waals surface area contributed by atoms with Gasteiger partial charge >= 0.3 is 0 Å². The van der Waals surface area contributed by atoms with Crippen molar-refractivity contribution in [2.24, 2.45) is 0 Å². The van der Waals surface area contributed by atoms with Gasteiger partial charge in [0.2, 0.25) is 0 Å². The fraction of sp³-hybridized carbons (Fsp3) is 0.458. The van der Waals surface area contributed by atoms with Gasteiger partial charge in [-0.25, -0.2) is 0 Å². The number of carbonyl (C=O) groups excluding carboxylic acids is 2. The maximum atomic E-state index is 13.1. The van der Waals surface area contributed by atoms with Crippen molar-refractivity contribution < 1.29 is 14.0 Å². The lowest BCUT2D eigenvalue weighted by Gasteiger charge is -2.32. The topological polar surface area (TPSA) is 66.7 Å². The molecule has 0 unspecified atom stereocenters. The molecule has 0 aliphatic carbocycles. The normalized spacial score (nSPS) is 17.4. The van der Waals surface area contributed by atoms with Gasteiger partial charge in [-0.2, -0.15) is 0 Å². The number of piperidine rings is 1. The second kappa shape index (κ2) is 8.46. The summed E-state index contributed by atoms with van der Waals surface area (Å²) in [6, 6.07) is 5.65. The smallest absolute Gasteiger partial charge is 0.289 e. The van der Waals surface area contributed by atoms with Crippen LogP contribution in [0.15, 0.2) is 34.8 Å². The number of hydrogen-bond donors (Lipinski definition) is 0. The van der Waals surface area contributed by atoms with Crippen LogP contribution in [-0.2, 0) is 0 Å². The van der Waals surface area contributed by atoms with Crippen molar-refractivity contribution in [2.45, 2.75) is 46.0 Å². The quantitative estimate of drug-likeness (QED) is 0.721. The lowest BCUT2D eigenvalue weighted by Crippen LogP contribution is -2.39. The van der Waals surface area contributed by atoms with Crippen LogP contribution < -0.4 is 0 Å². The molecule has 2 amide bonds. The van der Waals surface area contributed by atoms with E-state index in [2.05, 4.69) is 6.08 Å². The van der Waals surface area contributed by atoms with Gasteiger partial charge in [0.15, 0.2) is 5.76 Å². The second-order valence-electron chi connectivity index (χ2n) is 8.31. The van der Waals surface area contributed by atoms with Crippen molar-refractivity contribution in [3.63, 3.8) is 0 Å². The molecule has 0 saturated carbocycles. The fourth-order valence-electron chi connectivity index (χ4n) is 4.26. The third-order valence-electron chi connectivity index (χ3n) is 6.19. The van der Waals surface area contributed by atoms with Crippen LogP contribution in [0.3, 0.4) is 0 Å². The average Bonchev–Trinajstić information content (AvgIpc) is 3.11. The van der Waals surface area contributed by atoms with E-state index in [4.69, 9.17) is 9.40 Å². The molecule has 0 bridgehead atoms. The molecular weight excluding hydrogens is 378 g/mol. The van der Waals surface area contributed by atoms with Crippen molar-refractivity contribution in [3.8, 4) is 0 Å². The molecule has 0 N–H and O–H groups in total. The third kappa shape index (κ3) is 4.04. The van der Waals surface area contributed by atoms with Crippen molar-refractivity contribution in [3.05, 3.63) is 64.4 Å². The number of aromatic nitrogens is 1. The van der Waals surface area contributed by atoms with Crippen LogP contribution in [0.25, 0.3) is 0 Å². The minimum absolute atomic E-state index is 0.0572. The summed E-state index contributed by atoms with van der Waals surface area (Å²) in [5.74, 6) is 1.37. The van der Waals surface area contributed by atoms with E-state index in [-0.39, 0.29) is 17.7 Å². The first-order valence-corrected chi connectivity index (χ1v) is 10.7. The second-order valence-corrected chi connectivity index (χ2v) is 8.31. The van der Waals surface area contributed by atoms with Crippen LogP contribution in [0.1, 0.15) is 68.8 Å². The highest BCUT2D eigenvalue weighted by Gasteiger charge is 2.30. The first-order chi connectivity index (χ1) is 14.4. The standard InChI is InChI=1S/C24H29N3O3/c1-16-15-21(30-18(16)3)24(29)27-13-9-19(10-14-27)22-20(8-7-17(2)25-22)23(28)26-11-5-4-6-12-26/h4-5,7-8,15,19H,6,9-14H2,1-3H3. The van der Waals surface area contributed by atoms with Gasteiger partial charge < -0.3 is 14.2 Å². The maximum absolute atomic E-state index is 13.1. The predicted octanol–water partition coefficient (Wildman–Crippen LogP) is 4.02. The lowest BCUT2D eigenvalue weighted by atomic mass is 9.89. The van der Waals surface area contributed by atoms with Crippen molar-refractivity contribution in [1.82, 2.24) is 14.8 Å². The predicted molar refractivity (Wildman–Crippen MR) is 115 cm³/mol. The fourth-order valence-corrected chi connectivity index (χ4v) is 4.26. The molecule has 4 heterocycles. The van der Waals surface area contributed by atoms with E-state index in [0.29, 0.717) is 31.0 Å². The summed E-state index contributed by atoms with van der Waals surface area (Å²) < 4.78 is 5.62. The number of carbonyl (C=O) groups is 2. The van der Waals surface area contributed by atoms with E-state index >= 15 is 0 Å². The van der Waals surface area contributed by atoms with Gasteiger partial charge in [0, 0.05) is 37.8 Å². The zero-order chi connectivity index (χ0) is 21.3. The molecule has 0 spiro atoms. The zero-order valence-corrected chi connectivity index (χ0v) is 18.0. The SMILES string of the molecule is Cc1ccc(C(=O)N2CC=CCC2)c(C2CCN(C(=O)c3cc(C)c(C)o3)CC2)n1. The molecule has 158 valence electrons. The van der Waals surface area contributed by atoms with Crippen LogP contribution in [0.2, 0.25) is 0 Å². The average molecular weight is 408 g/mol. The van der Waals surface area contributed by atoms with Crippen LogP contribution >= 0.6 is 0 Å². The Morgan fingerprint density at radius 3 is 2.40 bits per heavy atom. The minimum atomic E-state index is -0.0572.